The highest BCUT2D eigenvalue weighted by Crippen LogP contribution is 2.38. The van der Waals surface area contributed by atoms with Crippen molar-refractivity contribution < 1.29 is 18.6 Å². The maximum Gasteiger partial charge on any atom is 0.187 e. The number of rotatable bonds is 4. The summed E-state index contributed by atoms with van der Waals surface area (Å²) in [6.45, 7) is 0.983. The molecule has 2 aromatic carbocycles. The van der Waals surface area contributed by atoms with Crippen LogP contribution in [0.2, 0.25) is 0 Å². The number of benzene rings is 2. The van der Waals surface area contributed by atoms with E-state index in [1.54, 1.807) is 13.2 Å². The third kappa shape index (κ3) is 3.20. The summed E-state index contributed by atoms with van der Waals surface area (Å²) in [7, 11) is 1.63. The molecule has 0 N–H and O–H groups in total. The Labute approximate surface area is 127 Å². The first kappa shape index (κ1) is 14.4. The molecule has 1 aliphatic rings. The van der Waals surface area contributed by atoms with Gasteiger partial charge in [-0.05, 0) is 36.4 Å². The zero-order valence-electron chi connectivity index (χ0n) is 11.5. The Morgan fingerprint density at radius 2 is 1.81 bits per heavy atom. The Morgan fingerprint density at radius 3 is 2.48 bits per heavy atom. The predicted molar refractivity (Wildman–Crippen MR) is 78.2 cm³/mol. The van der Waals surface area contributed by atoms with Crippen LogP contribution in [-0.4, -0.2) is 20.3 Å². The van der Waals surface area contributed by atoms with Crippen LogP contribution < -0.4 is 4.74 Å². The molecule has 1 fully saturated rings. The molecule has 0 atom stereocenters. The van der Waals surface area contributed by atoms with Crippen molar-refractivity contribution in [3.63, 3.8) is 0 Å². The SMILES string of the molecule is COc1ccc(Sc2cccc(F)c2C2OCCO2)cc1. The molecule has 21 heavy (non-hydrogen) atoms. The van der Waals surface area contributed by atoms with Crippen molar-refractivity contribution in [2.75, 3.05) is 20.3 Å². The van der Waals surface area contributed by atoms with Crippen molar-refractivity contribution in [3.05, 3.63) is 53.8 Å². The van der Waals surface area contributed by atoms with Gasteiger partial charge in [-0.25, -0.2) is 4.39 Å². The summed E-state index contributed by atoms with van der Waals surface area (Å²) in [5.41, 5.74) is 0.468. The molecule has 0 aromatic heterocycles. The number of ether oxygens (including phenoxy) is 3. The zero-order valence-corrected chi connectivity index (χ0v) is 12.4. The third-order valence-electron chi connectivity index (χ3n) is 3.16. The van der Waals surface area contributed by atoms with Crippen LogP contribution in [0, 0.1) is 5.82 Å². The molecule has 0 amide bonds. The van der Waals surface area contributed by atoms with Crippen molar-refractivity contribution in [3.8, 4) is 5.75 Å². The smallest absolute Gasteiger partial charge is 0.187 e. The van der Waals surface area contributed by atoms with E-state index in [9.17, 15) is 4.39 Å². The lowest BCUT2D eigenvalue weighted by atomic mass is 10.2. The first-order valence-corrected chi connectivity index (χ1v) is 7.43. The second-order valence-electron chi connectivity index (χ2n) is 4.50. The van der Waals surface area contributed by atoms with Gasteiger partial charge in [0, 0.05) is 9.79 Å². The monoisotopic (exact) mass is 306 g/mol. The Morgan fingerprint density at radius 1 is 1.10 bits per heavy atom. The Balaban J connectivity index is 1.88. The summed E-state index contributed by atoms with van der Waals surface area (Å²) in [6, 6.07) is 12.6. The molecule has 2 aromatic rings. The lowest BCUT2D eigenvalue weighted by Crippen LogP contribution is -2.03. The van der Waals surface area contributed by atoms with E-state index in [1.165, 1.54) is 17.8 Å². The van der Waals surface area contributed by atoms with Crippen LogP contribution in [-0.2, 0) is 9.47 Å². The molecular formula is C16H15FO3S. The molecule has 1 saturated heterocycles. The first-order chi connectivity index (χ1) is 10.3. The number of hydrogen-bond acceptors (Lipinski definition) is 4. The number of halogens is 1. The molecule has 0 spiro atoms. The maximum atomic E-state index is 14.1. The molecule has 1 heterocycles. The predicted octanol–water partition coefficient (Wildman–Crippen LogP) is 4.03. The van der Waals surface area contributed by atoms with E-state index in [0.717, 1.165) is 15.5 Å². The summed E-state index contributed by atoms with van der Waals surface area (Å²) < 4.78 is 30.1. The quantitative estimate of drug-likeness (QED) is 0.852. The van der Waals surface area contributed by atoms with E-state index in [2.05, 4.69) is 0 Å². The molecule has 0 saturated carbocycles. The standard InChI is InChI=1S/C16H15FO3S/c1-18-11-5-7-12(8-6-11)21-14-4-2-3-13(17)15(14)16-19-9-10-20-16/h2-8,16H,9-10H2,1H3. The highest BCUT2D eigenvalue weighted by Gasteiger charge is 2.25. The fraction of sp³-hybridized carbons (Fsp3) is 0.250. The van der Waals surface area contributed by atoms with Crippen LogP contribution in [0.1, 0.15) is 11.9 Å². The number of hydrogen-bond donors (Lipinski definition) is 0. The minimum Gasteiger partial charge on any atom is -0.497 e. The van der Waals surface area contributed by atoms with E-state index in [-0.39, 0.29) is 5.82 Å². The van der Waals surface area contributed by atoms with E-state index in [1.807, 2.05) is 30.3 Å². The van der Waals surface area contributed by atoms with Gasteiger partial charge in [-0.2, -0.15) is 0 Å². The lowest BCUT2D eigenvalue weighted by molar-refractivity contribution is -0.0484. The van der Waals surface area contributed by atoms with Crippen molar-refractivity contribution in [2.45, 2.75) is 16.1 Å². The van der Waals surface area contributed by atoms with Gasteiger partial charge in [0.2, 0.25) is 0 Å². The lowest BCUT2D eigenvalue weighted by Gasteiger charge is -2.15. The van der Waals surface area contributed by atoms with Crippen LogP contribution in [0.25, 0.3) is 0 Å². The van der Waals surface area contributed by atoms with Gasteiger partial charge < -0.3 is 14.2 Å². The van der Waals surface area contributed by atoms with Gasteiger partial charge in [-0.15, -0.1) is 0 Å². The summed E-state index contributed by atoms with van der Waals surface area (Å²) in [5.74, 6) is 0.488. The third-order valence-corrected chi connectivity index (χ3v) is 4.24. The number of methoxy groups -OCH3 is 1. The second-order valence-corrected chi connectivity index (χ2v) is 5.62. The van der Waals surface area contributed by atoms with Gasteiger partial charge in [0.05, 0.1) is 25.9 Å². The highest BCUT2D eigenvalue weighted by atomic mass is 32.2. The van der Waals surface area contributed by atoms with Crippen molar-refractivity contribution in [2.24, 2.45) is 0 Å². The maximum absolute atomic E-state index is 14.1. The molecule has 0 aliphatic carbocycles. The molecule has 0 bridgehead atoms. The van der Waals surface area contributed by atoms with Crippen molar-refractivity contribution >= 4 is 11.8 Å². The van der Waals surface area contributed by atoms with Gasteiger partial charge >= 0.3 is 0 Å². The van der Waals surface area contributed by atoms with Gasteiger partial charge in [0.25, 0.3) is 0 Å². The molecule has 0 radical (unpaired) electrons. The van der Waals surface area contributed by atoms with E-state index in [0.29, 0.717) is 18.8 Å². The average molecular weight is 306 g/mol. The average Bonchev–Trinajstić information content (AvgIpc) is 3.02. The highest BCUT2D eigenvalue weighted by molar-refractivity contribution is 7.99. The van der Waals surface area contributed by atoms with Crippen LogP contribution in [0.3, 0.4) is 0 Å². The van der Waals surface area contributed by atoms with Crippen molar-refractivity contribution in [1.82, 2.24) is 0 Å². The Kier molecular flexibility index (Phi) is 4.43. The molecular weight excluding hydrogens is 291 g/mol. The van der Waals surface area contributed by atoms with E-state index >= 15 is 0 Å². The molecule has 0 unspecified atom stereocenters. The minimum atomic E-state index is -0.619. The first-order valence-electron chi connectivity index (χ1n) is 6.61. The largest absolute Gasteiger partial charge is 0.497 e. The van der Waals surface area contributed by atoms with Crippen LogP contribution >= 0.6 is 11.8 Å². The summed E-state index contributed by atoms with van der Waals surface area (Å²) >= 11 is 1.48. The Bertz CT molecular complexity index is 609. The van der Waals surface area contributed by atoms with Crippen LogP contribution in [0.15, 0.2) is 52.3 Å². The normalized spacial score (nSPS) is 15.3. The zero-order chi connectivity index (χ0) is 14.7. The van der Waals surface area contributed by atoms with Gasteiger partial charge in [-0.3, -0.25) is 0 Å². The minimum absolute atomic E-state index is 0.305. The molecule has 3 rings (SSSR count). The van der Waals surface area contributed by atoms with Crippen LogP contribution in [0.4, 0.5) is 4.39 Å². The molecule has 5 heteroatoms. The van der Waals surface area contributed by atoms with Gasteiger partial charge in [0.15, 0.2) is 6.29 Å². The van der Waals surface area contributed by atoms with Gasteiger partial charge in [0.1, 0.15) is 11.6 Å². The summed E-state index contributed by atoms with van der Waals surface area (Å²) in [5, 5.41) is 0. The van der Waals surface area contributed by atoms with Gasteiger partial charge in [-0.1, -0.05) is 17.8 Å². The van der Waals surface area contributed by atoms with Crippen molar-refractivity contribution in [1.29, 1.82) is 0 Å². The fourth-order valence-electron chi connectivity index (χ4n) is 2.13. The molecule has 1 aliphatic heterocycles. The summed E-state index contributed by atoms with van der Waals surface area (Å²) in [4.78, 5) is 1.80. The van der Waals surface area contributed by atoms with E-state index < -0.39 is 6.29 Å². The fourth-order valence-corrected chi connectivity index (χ4v) is 3.11. The molecule has 110 valence electrons. The topological polar surface area (TPSA) is 27.7 Å². The van der Waals surface area contributed by atoms with E-state index in [4.69, 9.17) is 14.2 Å². The summed E-state index contributed by atoms with van der Waals surface area (Å²) in [6.07, 6.45) is -0.619. The Hall–Kier alpha value is -1.56. The molecule has 3 nitrogen and oxygen atoms in total. The second kappa shape index (κ2) is 6.47. The van der Waals surface area contributed by atoms with Crippen LogP contribution in [0.5, 0.6) is 5.75 Å².